The second-order valence-corrected chi connectivity index (χ2v) is 4.76. The van der Waals surface area contributed by atoms with E-state index in [4.69, 9.17) is 10.5 Å². The van der Waals surface area contributed by atoms with Gasteiger partial charge in [-0.3, -0.25) is 0 Å². The Morgan fingerprint density at radius 3 is 2.05 bits per heavy atom. The molecule has 0 radical (unpaired) electrons. The molecule has 2 heteroatoms. The lowest BCUT2D eigenvalue weighted by molar-refractivity contribution is 0.126. The molecule has 0 saturated carbocycles. The molecule has 0 bridgehead atoms. The number of hydrogen-bond donors (Lipinski definition) is 1. The van der Waals surface area contributed by atoms with E-state index >= 15 is 0 Å². The van der Waals surface area contributed by atoms with Crippen LogP contribution in [0.3, 0.4) is 0 Å². The highest BCUT2D eigenvalue weighted by atomic mass is 16.5. The summed E-state index contributed by atoms with van der Waals surface area (Å²) in [4.78, 5) is 0. The fourth-order valence-electron chi connectivity index (χ4n) is 1.98. The molecule has 0 fully saturated rings. The largest absolute Gasteiger partial charge is 0.381 e. The first kappa shape index (κ1) is 19.1. The molecular formula is C18H33NO. The molecule has 0 atom stereocenters. The van der Waals surface area contributed by atoms with E-state index in [1.165, 1.54) is 37.7 Å². The quantitative estimate of drug-likeness (QED) is 0.602. The van der Waals surface area contributed by atoms with Crippen LogP contribution < -0.4 is 5.73 Å². The van der Waals surface area contributed by atoms with Crippen LogP contribution in [0.5, 0.6) is 0 Å². The van der Waals surface area contributed by atoms with Crippen molar-refractivity contribution in [3.8, 4) is 0 Å². The Balaban J connectivity index is 0.00000172. The fourth-order valence-corrected chi connectivity index (χ4v) is 1.98. The number of benzene rings is 1. The molecule has 0 heterocycles. The summed E-state index contributed by atoms with van der Waals surface area (Å²) in [5.74, 6) is 0. The Morgan fingerprint density at radius 1 is 0.800 bits per heavy atom. The summed E-state index contributed by atoms with van der Waals surface area (Å²) in [5, 5.41) is 0. The summed E-state index contributed by atoms with van der Waals surface area (Å²) < 4.78 is 5.62. The van der Waals surface area contributed by atoms with Crippen LogP contribution >= 0.6 is 0 Å². The third-order valence-electron chi connectivity index (χ3n) is 3.09. The minimum atomic E-state index is 0.820. The van der Waals surface area contributed by atoms with Gasteiger partial charge in [0.2, 0.25) is 0 Å². The third kappa shape index (κ3) is 12.2. The van der Waals surface area contributed by atoms with Crippen molar-refractivity contribution in [2.75, 3.05) is 19.8 Å². The first-order chi connectivity index (χ1) is 9.93. The van der Waals surface area contributed by atoms with Crippen LogP contribution in [0.15, 0.2) is 30.3 Å². The van der Waals surface area contributed by atoms with E-state index in [9.17, 15) is 0 Å². The number of aryl methyl sites for hydroxylation is 1. The van der Waals surface area contributed by atoms with Crippen molar-refractivity contribution in [3.63, 3.8) is 0 Å². The van der Waals surface area contributed by atoms with Gasteiger partial charge in [-0.05, 0) is 44.2 Å². The average Bonchev–Trinajstić information content (AvgIpc) is 2.52. The first-order valence-electron chi connectivity index (χ1n) is 8.25. The van der Waals surface area contributed by atoms with Crippen LogP contribution in [0, 0.1) is 0 Å². The van der Waals surface area contributed by atoms with Gasteiger partial charge in [0.1, 0.15) is 0 Å². The maximum absolute atomic E-state index is 5.62. The van der Waals surface area contributed by atoms with Gasteiger partial charge in [-0.1, -0.05) is 57.0 Å². The van der Waals surface area contributed by atoms with Crippen molar-refractivity contribution in [1.29, 1.82) is 0 Å². The molecule has 2 N–H and O–H groups in total. The summed E-state index contributed by atoms with van der Waals surface area (Å²) in [6.07, 6.45) is 8.38. The minimum Gasteiger partial charge on any atom is -0.381 e. The molecule has 0 aromatic heterocycles. The molecule has 0 aliphatic heterocycles. The van der Waals surface area contributed by atoms with Gasteiger partial charge in [0.15, 0.2) is 0 Å². The maximum Gasteiger partial charge on any atom is 0.0466 e. The maximum atomic E-state index is 5.62. The van der Waals surface area contributed by atoms with E-state index in [0.717, 1.165) is 32.6 Å². The molecule has 1 aromatic rings. The van der Waals surface area contributed by atoms with Gasteiger partial charge in [0.25, 0.3) is 0 Å². The lowest BCUT2D eigenvalue weighted by Gasteiger charge is -2.04. The molecule has 20 heavy (non-hydrogen) atoms. The van der Waals surface area contributed by atoms with Gasteiger partial charge in [0.05, 0.1) is 0 Å². The molecule has 0 unspecified atom stereocenters. The van der Waals surface area contributed by atoms with Gasteiger partial charge in [-0.2, -0.15) is 0 Å². The SMILES string of the molecule is CC.NCCCCCCOCCCCc1ccccc1. The summed E-state index contributed by atoms with van der Waals surface area (Å²) in [7, 11) is 0. The van der Waals surface area contributed by atoms with Crippen molar-refractivity contribution >= 4 is 0 Å². The summed E-state index contributed by atoms with van der Waals surface area (Å²) in [6, 6.07) is 10.7. The number of nitrogens with two attached hydrogens (primary N) is 1. The molecule has 0 amide bonds. The highest BCUT2D eigenvalue weighted by molar-refractivity contribution is 5.14. The van der Waals surface area contributed by atoms with Gasteiger partial charge >= 0.3 is 0 Å². The average molecular weight is 279 g/mol. The molecule has 1 aromatic carbocycles. The number of rotatable bonds is 11. The van der Waals surface area contributed by atoms with E-state index in [1.807, 2.05) is 13.8 Å². The standard InChI is InChI=1S/C16H27NO.C2H6/c17-13-7-1-2-8-14-18-15-9-6-12-16-10-4-3-5-11-16;1-2/h3-5,10-11H,1-2,6-9,12-15,17H2;1-2H3. The molecule has 0 spiro atoms. The first-order valence-corrected chi connectivity index (χ1v) is 8.25. The zero-order valence-electron chi connectivity index (χ0n) is 13.4. The van der Waals surface area contributed by atoms with Gasteiger partial charge in [-0.15, -0.1) is 0 Å². The second-order valence-electron chi connectivity index (χ2n) is 4.76. The van der Waals surface area contributed by atoms with Gasteiger partial charge in [0, 0.05) is 13.2 Å². The van der Waals surface area contributed by atoms with Crippen molar-refractivity contribution in [3.05, 3.63) is 35.9 Å². The smallest absolute Gasteiger partial charge is 0.0466 e. The highest BCUT2D eigenvalue weighted by Crippen LogP contribution is 2.05. The van der Waals surface area contributed by atoms with Gasteiger partial charge in [-0.25, -0.2) is 0 Å². The van der Waals surface area contributed by atoms with E-state index in [0.29, 0.717) is 0 Å². The van der Waals surface area contributed by atoms with Crippen molar-refractivity contribution in [2.24, 2.45) is 5.73 Å². The van der Waals surface area contributed by atoms with Crippen molar-refractivity contribution in [2.45, 2.75) is 58.8 Å². The zero-order chi connectivity index (χ0) is 14.9. The van der Waals surface area contributed by atoms with E-state index in [1.54, 1.807) is 0 Å². The summed E-state index contributed by atoms with van der Waals surface area (Å²) >= 11 is 0. The highest BCUT2D eigenvalue weighted by Gasteiger charge is 1.93. The van der Waals surface area contributed by atoms with Crippen molar-refractivity contribution < 1.29 is 4.74 Å². The lowest BCUT2D eigenvalue weighted by atomic mass is 10.1. The predicted octanol–water partition coefficient (Wildman–Crippen LogP) is 4.57. The number of hydrogen-bond acceptors (Lipinski definition) is 2. The van der Waals surface area contributed by atoms with Crippen LogP contribution in [0.2, 0.25) is 0 Å². The van der Waals surface area contributed by atoms with Crippen LogP contribution in [0.4, 0.5) is 0 Å². The number of unbranched alkanes of at least 4 members (excludes halogenated alkanes) is 4. The lowest BCUT2D eigenvalue weighted by Crippen LogP contribution is -2.00. The van der Waals surface area contributed by atoms with E-state index in [2.05, 4.69) is 30.3 Å². The zero-order valence-corrected chi connectivity index (χ0v) is 13.4. The third-order valence-corrected chi connectivity index (χ3v) is 3.09. The van der Waals surface area contributed by atoms with Crippen molar-refractivity contribution in [1.82, 2.24) is 0 Å². The Bertz CT molecular complexity index is 274. The molecule has 0 saturated heterocycles. The predicted molar refractivity (Wildman–Crippen MR) is 89.1 cm³/mol. The van der Waals surface area contributed by atoms with E-state index < -0.39 is 0 Å². The fraction of sp³-hybridized carbons (Fsp3) is 0.667. The van der Waals surface area contributed by atoms with E-state index in [-0.39, 0.29) is 0 Å². The summed E-state index contributed by atoms with van der Waals surface area (Å²) in [5.41, 5.74) is 6.87. The van der Waals surface area contributed by atoms with Crippen LogP contribution in [-0.4, -0.2) is 19.8 Å². The topological polar surface area (TPSA) is 35.2 Å². The number of ether oxygens (including phenoxy) is 1. The summed E-state index contributed by atoms with van der Waals surface area (Å²) in [6.45, 7) is 6.64. The minimum absolute atomic E-state index is 0.820. The second kappa shape index (κ2) is 16.2. The molecular weight excluding hydrogens is 246 g/mol. The Kier molecular flexibility index (Phi) is 15.5. The Labute approximate surface area is 125 Å². The van der Waals surface area contributed by atoms with Crippen LogP contribution in [0.25, 0.3) is 0 Å². The molecule has 1 rings (SSSR count). The van der Waals surface area contributed by atoms with Crippen LogP contribution in [0.1, 0.15) is 57.9 Å². The van der Waals surface area contributed by atoms with Gasteiger partial charge < -0.3 is 10.5 Å². The Morgan fingerprint density at radius 2 is 1.40 bits per heavy atom. The van der Waals surface area contributed by atoms with Crippen LogP contribution in [-0.2, 0) is 11.2 Å². The normalized spacial score (nSPS) is 9.95. The molecule has 0 aliphatic rings. The Hall–Kier alpha value is -0.860. The molecule has 116 valence electrons. The molecule has 0 aliphatic carbocycles. The monoisotopic (exact) mass is 279 g/mol. The molecule has 2 nitrogen and oxygen atoms in total.